The van der Waals surface area contributed by atoms with Gasteiger partial charge in [-0.25, -0.2) is 4.39 Å². The van der Waals surface area contributed by atoms with Crippen molar-refractivity contribution in [2.24, 2.45) is 0 Å². The van der Waals surface area contributed by atoms with Crippen molar-refractivity contribution in [3.8, 4) is 0 Å². The molecule has 1 aliphatic heterocycles. The van der Waals surface area contributed by atoms with Crippen molar-refractivity contribution in [1.82, 2.24) is 9.88 Å². The van der Waals surface area contributed by atoms with Crippen LogP contribution in [0.5, 0.6) is 0 Å². The normalized spacial score (nSPS) is 15.2. The predicted molar refractivity (Wildman–Crippen MR) is 89.4 cm³/mol. The van der Waals surface area contributed by atoms with Gasteiger partial charge in [0, 0.05) is 50.2 Å². The average Bonchev–Trinajstić information content (AvgIpc) is 2.63. The van der Waals surface area contributed by atoms with Crippen molar-refractivity contribution in [2.75, 3.05) is 20.3 Å². The van der Waals surface area contributed by atoms with Gasteiger partial charge in [0.2, 0.25) is 0 Å². The third-order valence-electron chi connectivity index (χ3n) is 4.42. The van der Waals surface area contributed by atoms with Gasteiger partial charge >= 0.3 is 0 Å². The number of benzene rings is 1. The third kappa shape index (κ3) is 3.97. The summed E-state index contributed by atoms with van der Waals surface area (Å²) in [7, 11) is 1.85. The highest BCUT2D eigenvalue weighted by atomic mass is 19.1. The van der Waals surface area contributed by atoms with Gasteiger partial charge in [-0.1, -0.05) is 12.1 Å². The Morgan fingerprint density at radius 1 is 1.25 bits per heavy atom. The van der Waals surface area contributed by atoms with Crippen LogP contribution in [0.2, 0.25) is 0 Å². The number of rotatable bonds is 4. The first-order chi connectivity index (χ1) is 11.6. The lowest BCUT2D eigenvalue weighted by molar-refractivity contribution is 0.0362. The summed E-state index contributed by atoms with van der Waals surface area (Å²) in [5.41, 5.74) is 2.40. The van der Waals surface area contributed by atoms with E-state index in [0.29, 0.717) is 25.2 Å². The smallest absolute Gasteiger partial charge is 0.253 e. The van der Waals surface area contributed by atoms with Crippen molar-refractivity contribution in [3.05, 3.63) is 65.2 Å². The van der Waals surface area contributed by atoms with E-state index in [-0.39, 0.29) is 17.8 Å². The maximum absolute atomic E-state index is 13.0. The Morgan fingerprint density at radius 2 is 1.96 bits per heavy atom. The molecular weight excluding hydrogens is 307 g/mol. The number of pyridine rings is 1. The average molecular weight is 328 g/mol. The van der Waals surface area contributed by atoms with E-state index in [1.54, 1.807) is 29.3 Å². The van der Waals surface area contributed by atoms with Crippen molar-refractivity contribution in [2.45, 2.75) is 25.3 Å². The SMILES string of the molecule is CN(C(=O)c1ccnc(Cc2ccc(F)cc2)c1)C1CCOCC1. The van der Waals surface area contributed by atoms with Gasteiger partial charge in [0.05, 0.1) is 0 Å². The van der Waals surface area contributed by atoms with Crippen LogP contribution in [0.15, 0.2) is 42.6 Å². The fraction of sp³-hybridized carbons (Fsp3) is 0.368. The molecule has 1 aliphatic rings. The number of nitrogens with zero attached hydrogens (tertiary/aromatic N) is 2. The molecule has 126 valence electrons. The van der Waals surface area contributed by atoms with Gasteiger partial charge in [-0.2, -0.15) is 0 Å². The summed E-state index contributed by atoms with van der Waals surface area (Å²) in [6, 6.07) is 10.1. The maximum atomic E-state index is 13.0. The fourth-order valence-corrected chi connectivity index (χ4v) is 2.96. The molecule has 0 saturated carbocycles. The molecule has 1 aromatic carbocycles. The third-order valence-corrected chi connectivity index (χ3v) is 4.42. The van der Waals surface area contributed by atoms with Crippen molar-refractivity contribution in [3.63, 3.8) is 0 Å². The first-order valence-electron chi connectivity index (χ1n) is 8.18. The van der Waals surface area contributed by atoms with Crippen molar-refractivity contribution >= 4 is 5.91 Å². The quantitative estimate of drug-likeness (QED) is 0.866. The van der Waals surface area contributed by atoms with Crippen LogP contribution in [0.4, 0.5) is 4.39 Å². The molecule has 0 N–H and O–H groups in total. The summed E-state index contributed by atoms with van der Waals surface area (Å²) in [5, 5.41) is 0. The Labute approximate surface area is 141 Å². The molecule has 1 amide bonds. The van der Waals surface area contributed by atoms with Crippen LogP contribution in [0, 0.1) is 5.82 Å². The summed E-state index contributed by atoms with van der Waals surface area (Å²) in [5.74, 6) is -0.251. The molecule has 0 radical (unpaired) electrons. The number of carbonyl (C=O) groups is 1. The monoisotopic (exact) mass is 328 g/mol. The van der Waals surface area contributed by atoms with Crippen LogP contribution in [-0.2, 0) is 11.2 Å². The van der Waals surface area contributed by atoms with E-state index < -0.39 is 0 Å². The highest BCUT2D eigenvalue weighted by Gasteiger charge is 2.23. The molecule has 0 aliphatic carbocycles. The molecule has 0 atom stereocenters. The van der Waals surface area contributed by atoms with Gasteiger partial charge in [-0.3, -0.25) is 9.78 Å². The number of amides is 1. The van der Waals surface area contributed by atoms with Gasteiger partial charge in [0.25, 0.3) is 5.91 Å². The van der Waals surface area contributed by atoms with Crippen LogP contribution in [0.1, 0.15) is 34.5 Å². The zero-order valence-electron chi connectivity index (χ0n) is 13.7. The number of carbonyl (C=O) groups excluding carboxylic acids is 1. The van der Waals surface area contributed by atoms with Gasteiger partial charge < -0.3 is 9.64 Å². The Hall–Kier alpha value is -2.27. The van der Waals surface area contributed by atoms with Crippen LogP contribution >= 0.6 is 0 Å². The highest BCUT2D eigenvalue weighted by Crippen LogP contribution is 2.17. The predicted octanol–water partition coefficient (Wildman–Crippen LogP) is 3.06. The lowest BCUT2D eigenvalue weighted by Gasteiger charge is -2.31. The molecule has 0 unspecified atom stereocenters. The first-order valence-corrected chi connectivity index (χ1v) is 8.18. The van der Waals surface area contributed by atoms with E-state index in [4.69, 9.17) is 4.74 Å². The van der Waals surface area contributed by atoms with Crippen LogP contribution < -0.4 is 0 Å². The molecule has 24 heavy (non-hydrogen) atoms. The summed E-state index contributed by atoms with van der Waals surface area (Å²) >= 11 is 0. The number of halogens is 1. The van der Waals surface area contributed by atoms with Gasteiger partial charge in [-0.15, -0.1) is 0 Å². The van der Waals surface area contributed by atoms with Gasteiger partial charge in [0.15, 0.2) is 0 Å². The minimum Gasteiger partial charge on any atom is -0.381 e. The second-order valence-corrected chi connectivity index (χ2v) is 6.10. The second kappa shape index (κ2) is 7.53. The standard InChI is InChI=1S/C19H21FN2O2/c1-22(18-7-10-24-11-8-18)19(23)15-6-9-21-17(13-15)12-14-2-4-16(20)5-3-14/h2-6,9,13,18H,7-8,10-12H2,1H3. The fourth-order valence-electron chi connectivity index (χ4n) is 2.96. The molecule has 1 fully saturated rings. The molecule has 0 bridgehead atoms. The van der Waals surface area contributed by atoms with E-state index in [1.165, 1.54) is 12.1 Å². The molecular formula is C19H21FN2O2. The van der Waals surface area contributed by atoms with Crippen molar-refractivity contribution in [1.29, 1.82) is 0 Å². The summed E-state index contributed by atoms with van der Waals surface area (Å²) in [6.07, 6.45) is 3.97. The number of hydrogen-bond acceptors (Lipinski definition) is 3. The van der Waals surface area contributed by atoms with E-state index in [0.717, 1.165) is 24.1 Å². The van der Waals surface area contributed by atoms with Crippen LogP contribution in [0.25, 0.3) is 0 Å². The van der Waals surface area contributed by atoms with E-state index in [9.17, 15) is 9.18 Å². The van der Waals surface area contributed by atoms with E-state index in [2.05, 4.69) is 4.98 Å². The zero-order chi connectivity index (χ0) is 16.9. The molecule has 5 heteroatoms. The minimum absolute atomic E-state index is 0.00431. The Bertz CT molecular complexity index is 697. The summed E-state index contributed by atoms with van der Waals surface area (Å²) in [6.45, 7) is 1.41. The molecule has 2 heterocycles. The number of aromatic nitrogens is 1. The maximum Gasteiger partial charge on any atom is 0.253 e. The van der Waals surface area contributed by atoms with E-state index in [1.807, 2.05) is 13.1 Å². The molecule has 1 saturated heterocycles. The van der Waals surface area contributed by atoms with Crippen LogP contribution in [-0.4, -0.2) is 42.1 Å². The lowest BCUT2D eigenvalue weighted by atomic mass is 10.0. The van der Waals surface area contributed by atoms with Crippen LogP contribution in [0.3, 0.4) is 0 Å². The first kappa shape index (κ1) is 16.6. The summed E-state index contributed by atoms with van der Waals surface area (Å²) < 4.78 is 18.3. The Kier molecular flexibility index (Phi) is 5.20. The van der Waals surface area contributed by atoms with Gasteiger partial charge in [-0.05, 0) is 42.7 Å². The molecule has 2 aromatic rings. The topological polar surface area (TPSA) is 42.4 Å². The Morgan fingerprint density at radius 3 is 2.67 bits per heavy atom. The summed E-state index contributed by atoms with van der Waals surface area (Å²) in [4.78, 5) is 18.8. The largest absolute Gasteiger partial charge is 0.381 e. The number of ether oxygens (including phenoxy) is 1. The second-order valence-electron chi connectivity index (χ2n) is 6.10. The molecule has 3 rings (SSSR count). The zero-order valence-corrected chi connectivity index (χ0v) is 13.7. The highest BCUT2D eigenvalue weighted by molar-refractivity contribution is 5.94. The molecule has 0 spiro atoms. The molecule has 1 aromatic heterocycles. The minimum atomic E-state index is -0.256. The number of hydrogen-bond donors (Lipinski definition) is 0. The lowest BCUT2D eigenvalue weighted by Crippen LogP contribution is -2.40. The van der Waals surface area contributed by atoms with E-state index >= 15 is 0 Å². The van der Waals surface area contributed by atoms with Gasteiger partial charge in [0.1, 0.15) is 5.82 Å². The van der Waals surface area contributed by atoms with Crippen molar-refractivity contribution < 1.29 is 13.9 Å². The Balaban J connectivity index is 1.71. The molecule has 4 nitrogen and oxygen atoms in total.